The van der Waals surface area contributed by atoms with Crippen LogP contribution in [-0.4, -0.2) is 62.2 Å². The van der Waals surface area contributed by atoms with E-state index in [0.29, 0.717) is 12.1 Å². The maximum atomic E-state index is 3.53. The summed E-state index contributed by atoms with van der Waals surface area (Å²) in [6, 6.07) is 1.24. The summed E-state index contributed by atoms with van der Waals surface area (Å²) >= 11 is 0. The molecule has 2 unspecified atom stereocenters. The number of rotatable bonds is 3. The van der Waals surface area contributed by atoms with Gasteiger partial charge in [0, 0.05) is 18.6 Å². The molecule has 0 aromatic rings. The van der Waals surface area contributed by atoms with Crippen molar-refractivity contribution in [2.24, 2.45) is 0 Å². The lowest BCUT2D eigenvalue weighted by atomic mass is 10.1. The maximum absolute atomic E-state index is 3.53. The van der Waals surface area contributed by atoms with Gasteiger partial charge in [-0.05, 0) is 47.1 Å². The van der Waals surface area contributed by atoms with Crippen LogP contribution >= 0.6 is 0 Å². The van der Waals surface area contributed by atoms with Crippen molar-refractivity contribution in [3.05, 3.63) is 0 Å². The number of nitrogens with one attached hydrogen (secondary N) is 1. The van der Waals surface area contributed by atoms with E-state index in [2.05, 4.69) is 43.1 Å². The van der Waals surface area contributed by atoms with Crippen LogP contribution < -0.4 is 5.32 Å². The molecule has 0 amide bonds. The average molecular weight is 199 g/mol. The number of hydrogen-bond donors (Lipinski definition) is 1. The molecule has 1 N–H and O–H groups in total. The first-order chi connectivity index (χ1) is 6.65. The Hall–Kier alpha value is -0.120. The van der Waals surface area contributed by atoms with Crippen molar-refractivity contribution in [3.63, 3.8) is 0 Å². The van der Waals surface area contributed by atoms with E-state index in [0.717, 1.165) is 6.54 Å². The molecule has 1 aliphatic rings. The predicted molar refractivity (Wildman–Crippen MR) is 61.7 cm³/mol. The van der Waals surface area contributed by atoms with Crippen molar-refractivity contribution in [2.75, 3.05) is 40.3 Å². The Morgan fingerprint density at radius 3 is 2.71 bits per heavy atom. The summed E-state index contributed by atoms with van der Waals surface area (Å²) in [5, 5.41) is 3.53. The maximum Gasteiger partial charge on any atom is 0.0370 e. The Balaban J connectivity index is 2.52. The van der Waals surface area contributed by atoms with Gasteiger partial charge in [-0.2, -0.15) is 0 Å². The molecule has 1 heterocycles. The Labute approximate surface area is 88.5 Å². The monoisotopic (exact) mass is 199 g/mol. The highest BCUT2D eigenvalue weighted by Gasteiger charge is 2.24. The zero-order valence-corrected chi connectivity index (χ0v) is 10.1. The molecule has 1 aliphatic heterocycles. The first kappa shape index (κ1) is 12.0. The second-order valence-electron chi connectivity index (χ2n) is 4.51. The topological polar surface area (TPSA) is 18.5 Å². The second-order valence-corrected chi connectivity index (χ2v) is 4.51. The van der Waals surface area contributed by atoms with Gasteiger partial charge in [0.1, 0.15) is 0 Å². The predicted octanol–water partition coefficient (Wildman–Crippen LogP) is 0.620. The fraction of sp³-hybridized carbons (Fsp3) is 1.00. The standard InChI is InChI=1S/C11H25N3/c1-5-12-10(2)11-9-13(3)7-6-8-14(11)4/h10-12H,5-9H2,1-4H3. The quantitative estimate of drug-likeness (QED) is 0.719. The Morgan fingerprint density at radius 1 is 1.36 bits per heavy atom. The Bertz CT molecular complexity index is 161. The summed E-state index contributed by atoms with van der Waals surface area (Å²) < 4.78 is 0. The van der Waals surface area contributed by atoms with Gasteiger partial charge in [0.25, 0.3) is 0 Å². The lowest BCUT2D eigenvalue weighted by Gasteiger charge is -2.32. The highest BCUT2D eigenvalue weighted by atomic mass is 15.2. The van der Waals surface area contributed by atoms with Gasteiger partial charge in [-0.25, -0.2) is 0 Å². The molecular weight excluding hydrogens is 174 g/mol. The molecule has 2 atom stereocenters. The van der Waals surface area contributed by atoms with Gasteiger partial charge < -0.3 is 15.1 Å². The van der Waals surface area contributed by atoms with Crippen LogP contribution in [0.4, 0.5) is 0 Å². The highest BCUT2D eigenvalue weighted by molar-refractivity contribution is 4.84. The first-order valence-corrected chi connectivity index (χ1v) is 5.77. The van der Waals surface area contributed by atoms with E-state index in [1.54, 1.807) is 0 Å². The highest BCUT2D eigenvalue weighted by Crippen LogP contribution is 2.09. The summed E-state index contributed by atoms with van der Waals surface area (Å²) in [6.07, 6.45) is 1.29. The van der Waals surface area contributed by atoms with E-state index in [1.807, 2.05) is 0 Å². The third kappa shape index (κ3) is 3.23. The molecule has 1 fully saturated rings. The number of nitrogens with zero attached hydrogens (tertiary/aromatic N) is 2. The van der Waals surface area contributed by atoms with Crippen molar-refractivity contribution in [3.8, 4) is 0 Å². The third-order valence-electron chi connectivity index (χ3n) is 3.22. The summed E-state index contributed by atoms with van der Waals surface area (Å²) in [6.45, 7) is 9.19. The SMILES string of the molecule is CCNC(C)C1CN(C)CCCN1C. The summed E-state index contributed by atoms with van der Waals surface area (Å²) in [7, 11) is 4.47. The molecule has 1 rings (SSSR count). The van der Waals surface area contributed by atoms with Crippen molar-refractivity contribution in [1.29, 1.82) is 0 Å². The minimum atomic E-state index is 0.588. The van der Waals surface area contributed by atoms with Gasteiger partial charge in [0.05, 0.1) is 0 Å². The minimum absolute atomic E-state index is 0.588. The molecule has 3 nitrogen and oxygen atoms in total. The lowest BCUT2D eigenvalue weighted by Crippen LogP contribution is -2.50. The third-order valence-corrected chi connectivity index (χ3v) is 3.22. The largest absolute Gasteiger partial charge is 0.313 e. The zero-order chi connectivity index (χ0) is 10.6. The molecule has 3 heteroatoms. The minimum Gasteiger partial charge on any atom is -0.313 e. The second kappa shape index (κ2) is 5.69. The normalized spacial score (nSPS) is 28.7. The van der Waals surface area contributed by atoms with Crippen LogP contribution in [0.2, 0.25) is 0 Å². The average Bonchev–Trinajstić information content (AvgIpc) is 2.29. The molecule has 0 saturated carbocycles. The van der Waals surface area contributed by atoms with Crippen molar-refractivity contribution in [2.45, 2.75) is 32.4 Å². The van der Waals surface area contributed by atoms with Crippen molar-refractivity contribution >= 4 is 0 Å². The smallest absolute Gasteiger partial charge is 0.0370 e. The molecule has 84 valence electrons. The van der Waals surface area contributed by atoms with Crippen LogP contribution in [-0.2, 0) is 0 Å². The van der Waals surface area contributed by atoms with E-state index < -0.39 is 0 Å². The fourth-order valence-electron chi connectivity index (χ4n) is 2.30. The van der Waals surface area contributed by atoms with Crippen LogP contribution in [0.25, 0.3) is 0 Å². The molecule has 0 aromatic carbocycles. The van der Waals surface area contributed by atoms with E-state index in [1.165, 1.54) is 26.1 Å². The first-order valence-electron chi connectivity index (χ1n) is 5.77. The van der Waals surface area contributed by atoms with Crippen LogP contribution in [0.15, 0.2) is 0 Å². The van der Waals surface area contributed by atoms with E-state index >= 15 is 0 Å². The van der Waals surface area contributed by atoms with Gasteiger partial charge in [-0.3, -0.25) is 0 Å². The van der Waals surface area contributed by atoms with Crippen LogP contribution in [0.5, 0.6) is 0 Å². The summed E-state index contributed by atoms with van der Waals surface area (Å²) in [5.41, 5.74) is 0. The lowest BCUT2D eigenvalue weighted by molar-refractivity contribution is 0.186. The van der Waals surface area contributed by atoms with Crippen molar-refractivity contribution in [1.82, 2.24) is 15.1 Å². The van der Waals surface area contributed by atoms with E-state index in [4.69, 9.17) is 0 Å². The Kier molecular flexibility index (Phi) is 4.85. The molecular formula is C11H25N3. The molecule has 0 aliphatic carbocycles. The van der Waals surface area contributed by atoms with Gasteiger partial charge in [-0.15, -0.1) is 0 Å². The number of hydrogen-bond acceptors (Lipinski definition) is 3. The summed E-state index contributed by atoms with van der Waals surface area (Å²) in [5.74, 6) is 0. The van der Waals surface area contributed by atoms with Gasteiger partial charge >= 0.3 is 0 Å². The molecule has 0 aromatic heterocycles. The number of likely N-dealkylation sites (N-methyl/N-ethyl adjacent to an activating group) is 3. The zero-order valence-electron chi connectivity index (χ0n) is 10.1. The van der Waals surface area contributed by atoms with Gasteiger partial charge in [-0.1, -0.05) is 6.92 Å². The molecule has 0 spiro atoms. The van der Waals surface area contributed by atoms with E-state index in [-0.39, 0.29) is 0 Å². The van der Waals surface area contributed by atoms with E-state index in [9.17, 15) is 0 Å². The molecule has 0 radical (unpaired) electrons. The van der Waals surface area contributed by atoms with Gasteiger partial charge in [0.15, 0.2) is 0 Å². The van der Waals surface area contributed by atoms with Crippen LogP contribution in [0.3, 0.4) is 0 Å². The van der Waals surface area contributed by atoms with Crippen molar-refractivity contribution < 1.29 is 0 Å². The van der Waals surface area contributed by atoms with Crippen LogP contribution in [0.1, 0.15) is 20.3 Å². The fourth-order valence-corrected chi connectivity index (χ4v) is 2.30. The Morgan fingerprint density at radius 2 is 2.07 bits per heavy atom. The van der Waals surface area contributed by atoms with Crippen LogP contribution in [0, 0.1) is 0 Å². The molecule has 0 bridgehead atoms. The molecule has 14 heavy (non-hydrogen) atoms. The molecule has 1 saturated heterocycles. The summed E-state index contributed by atoms with van der Waals surface area (Å²) in [4.78, 5) is 4.94. The van der Waals surface area contributed by atoms with Gasteiger partial charge in [0.2, 0.25) is 0 Å².